The van der Waals surface area contributed by atoms with Crippen molar-refractivity contribution in [2.75, 3.05) is 12.9 Å². The van der Waals surface area contributed by atoms with Crippen LogP contribution in [0.2, 0.25) is 0 Å². The van der Waals surface area contributed by atoms with E-state index in [1.165, 1.54) is 18.0 Å². The highest BCUT2D eigenvalue weighted by Gasteiger charge is 2.19. The molecule has 0 fully saturated rings. The van der Waals surface area contributed by atoms with Crippen molar-refractivity contribution >= 4 is 23.6 Å². The first-order valence-corrected chi connectivity index (χ1v) is 9.98. The lowest BCUT2D eigenvalue weighted by Gasteiger charge is -2.11. The van der Waals surface area contributed by atoms with Gasteiger partial charge >= 0.3 is 5.97 Å². The van der Waals surface area contributed by atoms with Crippen molar-refractivity contribution in [1.82, 2.24) is 14.9 Å². The Morgan fingerprint density at radius 1 is 1.11 bits per heavy atom. The van der Waals surface area contributed by atoms with Crippen molar-refractivity contribution in [2.24, 2.45) is 0 Å². The molecule has 0 saturated carbocycles. The predicted molar refractivity (Wildman–Crippen MR) is 109 cm³/mol. The summed E-state index contributed by atoms with van der Waals surface area (Å²) in [5.74, 6) is -0.949. The molecule has 7 heteroatoms. The highest BCUT2D eigenvalue weighted by atomic mass is 32.2. The molecule has 144 valence electrons. The van der Waals surface area contributed by atoms with E-state index in [-0.39, 0.29) is 18.2 Å². The van der Waals surface area contributed by atoms with Crippen LogP contribution in [0.3, 0.4) is 0 Å². The zero-order valence-corrected chi connectivity index (χ0v) is 16.5. The molecule has 0 radical (unpaired) electrons. The van der Waals surface area contributed by atoms with Gasteiger partial charge < -0.3 is 10.1 Å². The number of aromatic nitrogens is 2. The van der Waals surface area contributed by atoms with E-state index in [1.54, 1.807) is 4.57 Å². The molecular formula is C21H21N3O3S. The highest BCUT2D eigenvalue weighted by Crippen LogP contribution is 2.22. The molecule has 28 heavy (non-hydrogen) atoms. The molecule has 0 atom stereocenters. The van der Waals surface area contributed by atoms with Crippen molar-refractivity contribution in [2.45, 2.75) is 18.6 Å². The van der Waals surface area contributed by atoms with E-state index in [0.29, 0.717) is 11.7 Å². The Hall–Kier alpha value is -3.06. The van der Waals surface area contributed by atoms with Crippen LogP contribution in [0.25, 0.3) is 5.69 Å². The fourth-order valence-electron chi connectivity index (χ4n) is 2.71. The Morgan fingerprint density at radius 3 is 2.54 bits per heavy atom. The summed E-state index contributed by atoms with van der Waals surface area (Å²) >= 11 is 1.42. The van der Waals surface area contributed by atoms with Gasteiger partial charge in [-0.1, -0.05) is 54.2 Å². The summed E-state index contributed by atoms with van der Waals surface area (Å²) in [6.07, 6.45) is 3.35. The monoisotopic (exact) mass is 395 g/mol. The topological polar surface area (TPSA) is 73.2 Å². The van der Waals surface area contributed by atoms with Gasteiger partial charge in [0.05, 0.1) is 6.20 Å². The summed E-state index contributed by atoms with van der Waals surface area (Å²) in [4.78, 5) is 28.9. The second-order valence-electron chi connectivity index (χ2n) is 6.08. The molecule has 0 aliphatic heterocycles. The molecule has 1 N–H and O–H groups in total. The second-order valence-corrected chi connectivity index (χ2v) is 6.85. The molecule has 0 bridgehead atoms. The standard InChI is InChI=1S/C21H21N3O3S/c1-15-8-6-7-9-16(15)12-22-19(25)14-27-20(26)18-13-23-21(28-2)24(18)17-10-4-3-5-11-17/h3-11,13H,12,14H2,1-2H3,(H,22,25). The van der Waals surface area contributed by atoms with E-state index >= 15 is 0 Å². The number of carbonyl (C=O) groups is 2. The van der Waals surface area contributed by atoms with E-state index in [2.05, 4.69) is 10.3 Å². The number of para-hydroxylation sites is 1. The number of benzene rings is 2. The molecule has 0 spiro atoms. The number of rotatable bonds is 7. The highest BCUT2D eigenvalue weighted by molar-refractivity contribution is 7.98. The molecular weight excluding hydrogens is 374 g/mol. The zero-order chi connectivity index (χ0) is 19.9. The number of carbonyl (C=O) groups excluding carboxylic acids is 2. The van der Waals surface area contributed by atoms with Crippen molar-refractivity contribution < 1.29 is 14.3 Å². The molecule has 3 rings (SSSR count). The third-order valence-electron chi connectivity index (χ3n) is 4.21. The van der Waals surface area contributed by atoms with Crippen LogP contribution in [0.1, 0.15) is 21.6 Å². The number of nitrogens with zero attached hydrogens (tertiary/aromatic N) is 2. The number of thioether (sulfide) groups is 1. The number of ether oxygens (including phenoxy) is 1. The van der Waals surface area contributed by atoms with Gasteiger partial charge in [0.25, 0.3) is 5.91 Å². The molecule has 0 aliphatic rings. The largest absolute Gasteiger partial charge is 0.451 e. The average molecular weight is 395 g/mol. The van der Waals surface area contributed by atoms with Crippen LogP contribution in [0, 0.1) is 6.92 Å². The predicted octanol–water partition coefficient (Wildman–Crippen LogP) is 3.38. The van der Waals surface area contributed by atoms with Gasteiger partial charge in [-0.3, -0.25) is 9.36 Å². The minimum atomic E-state index is -0.595. The van der Waals surface area contributed by atoms with Gasteiger partial charge in [0, 0.05) is 12.2 Å². The van der Waals surface area contributed by atoms with Gasteiger partial charge in [0.2, 0.25) is 0 Å². The van der Waals surface area contributed by atoms with E-state index < -0.39 is 5.97 Å². The molecule has 2 aromatic carbocycles. The van der Waals surface area contributed by atoms with Gasteiger partial charge in [-0.25, -0.2) is 9.78 Å². The minimum absolute atomic E-state index is 0.280. The fraction of sp³-hybridized carbons (Fsp3) is 0.190. The first kappa shape index (κ1) is 19.7. The summed E-state index contributed by atoms with van der Waals surface area (Å²) in [6.45, 7) is 2.02. The maximum atomic E-state index is 12.5. The lowest BCUT2D eigenvalue weighted by Crippen LogP contribution is -2.29. The van der Waals surface area contributed by atoms with Crippen LogP contribution >= 0.6 is 11.8 Å². The van der Waals surface area contributed by atoms with E-state index in [9.17, 15) is 9.59 Å². The molecule has 1 amide bonds. The smallest absolute Gasteiger partial charge is 0.357 e. The van der Waals surface area contributed by atoms with Gasteiger partial charge in [-0.15, -0.1) is 0 Å². The van der Waals surface area contributed by atoms with E-state index in [1.807, 2.05) is 67.8 Å². The van der Waals surface area contributed by atoms with Crippen LogP contribution in [0.5, 0.6) is 0 Å². The van der Waals surface area contributed by atoms with Gasteiger partial charge in [-0.05, 0) is 36.4 Å². The minimum Gasteiger partial charge on any atom is -0.451 e. The lowest BCUT2D eigenvalue weighted by molar-refractivity contribution is -0.124. The molecule has 0 aliphatic carbocycles. The van der Waals surface area contributed by atoms with Crippen LogP contribution in [0.15, 0.2) is 66.0 Å². The van der Waals surface area contributed by atoms with Crippen molar-refractivity contribution in [3.63, 3.8) is 0 Å². The van der Waals surface area contributed by atoms with Crippen LogP contribution in [-0.4, -0.2) is 34.3 Å². The molecule has 6 nitrogen and oxygen atoms in total. The normalized spacial score (nSPS) is 10.5. The summed E-state index contributed by atoms with van der Waals surface area (Å²) < 4.78 is 6.93. The van der Waals surface area contributed by atoms with Crippen molar-refractivity contribution in [1.29, 1.82) is 0 Å². The van der Waals surface area contributed by atoms with Gasteiger partial charge in [-0.2, -0.15) is 0 Å². The molecule has 1 heterocycles. The van der Waals surface area contributed by atoms with Crippen LogP contribution < -0.4 is 5.32 Å². The van der Waals surface area contributed by atoms with Crippen molar-refractivity contribution in [3.05, 3.63) is 77.6 Å². The number of amides is 1. The van der Waals surface area contributed by atoms with Gasteiger partial charge in [0.15, 0.2) is 17.5 Å². The Morgan fingerprint density at radius 2 is 1.82 bits per heavy atom. The Labute approximate surface area is 167 Å². The number of hydrogen-bond acceptors (Lipinski definition) is 5. The summed E-state index contributed by atoms with van der Waals surface area (Å²) in [7, 11) is 0. The molecule has 3 aromatic rings. The third kappa shape index (κ3) is 4.61. The lowest BCUT2D eigenvalue weighted by atomic mass is 10.1. The van der Waals surface area contributed by atoms with Gasteiger partial charge in [0.1, 0.15) is 0 Å². The fourth-order valence-corrected chi connectivity index (χ4v) is 3.25. The summed E-state index contributed by atoms with van der Waals surface area (Å²) in [6, 6.07) is 17.2. The Bertz CT molecular complexity index is 970. The van der Waals surface area contributed by atoms with E-state index in [4.69, 9.17) is 4.74 Å². The Kier molecular flexibility index (Phi) is 6.49. The maximum Gasteiger partial charge on any atom is 0.357 e. The summed E-state index contributed by atoms with van der Waals surface area (Å²) in [5, 5.41) is 3.44. The maximum absolute atomic E-state index is 12.5. The zero-order valence-electron chi connectivity index (χ0n) is 15.7. The summed E-state index contributed by atoms with van der Waals surface area (Å²) in [5.41, 5.74) is 3.20. The Balaban J connectivity index is 1.63. The van der Waals surface area contributed by atoms with Crippen LogP contribution in [-0.2, 0) is 16.1 Å². The quantitative estimate of drug-likeness (QED) is 0.490. The SMILES string of the molecule is CSc1ncc(C(=O)OCC(=O)NCc2ccccc2C)n1-c1ccccc1. The first-order valence-electron chi connectivity index (χ1n) is 8.75. The van der Waals surface area contributed by atoms with Crippen LogP contribution in [0.4, 0.5) is 0 Å². The van der Waals surface area contributed by atoms with Crippen molar-refractivity contribution in [3.8, 4) is 5.69 Å². The van der Waals surface area contributed by atoms with E-state index in [0.717, 1.165) is 16.8 Å². The average Bonchev–Trinajstić information content (AvgIpc) is 3.16. The second kappa shape index (κ2) is 9.23. The number of aryl methyl sites for hydroxylation is 1. The number of hydrogen-bond donors (Lipinski definition) is 1. The number of imidazole rings is 1. The number of esters is 1. The molecule has 0 saturated heterocycles. The molecule has 0 unspecified atom stereocenters. The third-order valence-corrected chi connectivity index (χ3v) is 4.86. The first-order chi connectivity index (χ1) is 13.6. The molecule has 1 aromatic heterocycles. The number of nitrogens with one attached hydrogen (secondary N) is 1.